The molecule has 3 aliphatic heterocycles. The van der Waals surface area contributed by atoms with Crippen LogP contribution in [0.3, 0.4) is 0 Å². The van der Waals surface area contributed by atoms with Crippen molar-refractivity contribution in [3.63, 3.8) is 0 Å². The second kappa shape index (κ2) is 16.7. The van der Waals surface area contributed by atoms with Crippen molar-refractivity contribution in [2.24, 2.45) is 13.0 Å². The van der Waals surface area contributed by atoms with Crippen molar-refractivity contribution in [1.82, 2.24) is 24.9 Å². The third-order valence-electron chi connectivity index (χ3n) is 12.5. The summed E-state index contributed by atoms with van der Waals surface area (Å²) in [6.07, 6.45) is 1.11. The number of nitrogens with one attached hydrogen (secondary N) is 2. The molecular formula is C42H50F3N9O5S. The molecule has 0 spiro atoms. The van der Waals surface area contributed by atoms with Crippen LogP contribution in [-0.4, -0.2) is 97.9 Å². The summed E-state index contributed by atoms with van der Waals surface area (Å²) in [5.74, 6) is -0.0434. The van der Waals surface area contributed by atoms with Crippen LogP contribution < -0.4 is 20.4 Å². The number of anilines is 3. The molecule has 4 fully saturated rings. The number of hydrogen-bond acceptors (Lipinski definition) is 9. The summed E-state index contributed by atoms with van der Waals surface area (Å²) in [6, 6.07) is 9.98. The number of alkyl halides is 3. The second-order valence-electron chi connectivity index (χ2n) is 16.9. The van der Waals surface area contributed by atoms with Crippen molar-refractivity contribution in [3.8, 4) is 6.07 Å². The molecule has 14 nitrogen and oxygen atoms in total. The number of carbonyl (C=O) groups is 4. The maximum atomic E-state index is 13.8. The monoisotopic (exact) mass is 849 g/mol. The molecule has 18 heteroatoms. The molecule has 1 unspecified atom stereocenters. The lowest BCUT2D eigenvalue weighted by molar-refractivity contribution is -0.137. The highest BCUT2D eigenvalue weighted by Gasteiger charge is 2.52. The Morgan fingerprint density at radius 2 is 1.78 bits per heavy atom. The molecule has 1 aliphatic carbocycles. The average Bonchev–Trinajstić information content (AvgIpc) is 3.61. The van der Waals surface area contributed by atoms with E-state index < -0.39 is 34.8 Å². The number of nitriles is 1. The second-order valence-corrected chi connectivity index (χ2v) is 17.3. The van der Waals surface area contributed by atoms with E-state index in [4.69, 9.17) is 17.0 Å². The number of piperidine rings is 1. The first-order valence-electron chi connectivity index (χ1n) is 20.4. The van der Waals surface area contributed by atoms with Gasteiger partial charge in [0, 0.05) is 50.1 Å². The standard InChI is InChI=1S/C42H50F3N9O5S/c1-24-19-26(20-25(2)52(24)23-35(56)47-33-8-6-7-31-36(33)50(5)49-37(31)51-17-15-34(55)48-39(51)58)16-18-59-30-13-11-28(12-14-30)54-40(60)53(38(57)41(54,3)4)29-10-9-27(22-46)32(21-29)42(43,44)45/h6-10,21,24-26,28,30H,11-20,23H2,1-5H3,(H,47,56)(H,48,55,58)/t24-,25+,26?,28?,30?. The van der Waals surface area contributed by atoms with Crippen LogP contribution in [-0.2, 0) is 32.3 Å². The highest BCUT2D eigenvalue weighted by atomic mass is 32.1. The zero-order valence-corrected chi connectivity index (χ0v) is 35.2. The molecular weight excluding hydrogens is 800 g/mol. The van der Waals surface area contributed by atoms with E-state index in [9.17, 15) is 37.6 Å². The number of imide groups is 1. The van der Waals surface area contributed by atoms with Gasteiger partial charge in [0.05, 0.1) is 46.7 Å². The van der Waals surface area contributed by atoms with Gasteiger partial charge in [0.25, 0.3) is 5.91 Å². The van der Waals surface area contributed by atoms with Gasteiger partial charge >= 0.3 is 12.2 Å². The first-order chi connectivity index (χ1) is 28.4. The number of amides is 5. The van der Waals surface area contributed by atoms with Crippen LogP contribution in [0.1, 0.15) is 90.2 Å². The van der Waals surface area contributed by atoms with Crippen molar-refractivity contribution in [2.45, 2.75) is 115 Å². The van der Waals surface area contributed by atoms with Crippen molar-refractivity contribution in [3.05, 3.63) is 47.5 Å². The van der Waals surface area contributed by atoms with E-state index in [1.807, 2.05) is 17.0 Å². The smallest absolute Gasteiger partial charge is 0.378 e. The first-order valence-corrected chi connectivity index (χ1v) is 20.8. The lowest BCUT2D eigenvalue weighted by Crippen LogP contribution is -2.51. The Kier molecular flexibility index (Phi) is 12.0. The molecule has 4 heterocycles. The molecule has 4 aliphatic rings. The lowest BCUT2D eigenvalue weighted by atomic mass is 9.85. The molecule has 3 atom stereocenters. The molecule has 0 radical (unpaired) electrons. The van der Waals surface area contributed by atoms with Gasteiger partial charge in [-0.05, 0) is 121 Å². The fraction of sp³-hybridized carbons (Fsp3) is 0.548. The van der Waals surface area contributed by atoms with E-state index in [1.54, 1.807) is 37.7 Å². The summed E-state index contributed by atoms with van der Waals surface area (Å²) in [6.45, 7) is 8.81. The topological polar surface area (TPSA) is 156 Å². The van der Waals surface area contributed by atoms with Crippen molar-refractivity contribution in [2.75, 3.05) is 34.8 Å². The van der Waals surface area contributed by atoms with Crippen LogP contribution in [0.25, 0.3) is 10.9 Å². The van der Waals surface area contributed by atoms with E-state index >= 15 is 0 Å². The molecule has 0 bridgehead atoms. The number of nitrogens with zero attached hydrogens (tertiary/aromatic N) is 7. The number of halogens is 3. The molecule has 3 saturated heterocycles. The molecule has 60 heavy (non-hydrogen) atoms. The number of thiocarbonyl (C=S) groups is 1. The molecule has 1 aromatic heterocycles. The van der Waals surface area contributed by atoms with E-state index in [0.29, 0.717) is 47.8 Å². The summed E-state index contributed by atoms with van der Waals surface area (Å²) >= 11 is 5.75. The SMILES string of the molecule is C[C@@H]1CC(CCOC2CCC(N3C(=S)N(c4ccc(C#N)c(C(F)(F)F)c4)C(=O)C3(C)C)CC2)C[C@H](C)N1CC(=O)Nc1cccc2c(N3CCC(=O)NC3=O)nn(C)c12. The molecule has 1 saturated carbocycles. The third-order valence-corrected chi connectivity index (χ3v) is 12.9. The van der Waals surface area contributed by atoms with Crippen LogP contribution in [0.15, 0.2) is 36.4 Å². The summed E-state index contributed by atoms with van der Waals surface area (Å²) in [5.41, 5.74) is -1.45. The van der Waals surface area contributed by atoms with Crippen molar-refractivity contribution < 1.29 is 37.1 Å². The van der Waals surface area contributed by atoms with Gasteiger partial charge in [0.1, 0.15) is 5.54 Å². The van der Waals surface area contributed by atoms with Gasteiger partial charge in [-0.1, -0.05) is 6.07 Å². The number of ether oxygens (including phenoxy) is 1. The summed E-state index contributed by atoms with van der Waals surface area (Å²) in [5, 5.41) is 20.0. The minimum atomic E-state index is -4.77. The van der Waals surface area contributed by atoms with Gasteiger partial charge in [-0.2, -0.15) is 23.5 Å². The maximum absolute atomic E-state index is 13.8. The number of fused-ring (bicyclic) bond motifs is 1. The number of carbonyl (C=O) groups excluding carboxylic acids is 4. The lowest BCUT2D eigenvalue weighted by Gasteiger charge is -2.42. The number of benzene rings is 2. The molecule has 2 N–H and O–H groups in total. The number of aryl methyl sites for hydroxylation is 1. The Morgan fingerprint density at radius 1 is 1.08 bits per heavy atom. The molecule has 7 rings (SSSR count). The Morgan fingerprint density at radius 3 is 2.43 bits per heavy atom. The predicted octanol–water partition coefficient (Wildman–Crippen LogP) is 6.47. The Labute approximate surface area is 351 Å². The zero-order valence-electron chi connectivity index (χ0n) is 34.3. The fourth-order valence-corrected chi connectivity index (χ4v) is 10.1. The minimum Gasteiger partial charge on any atom is -0.378 e. The zero-order chi connectivity index (χ0) is 43.3. The van der Waals surface area contributed by atoms with Crippen LogP contribution in [0.4, 0.5) is 35.2 Å². The largest absolute Gasteiger partial charge is 0.417 e. The quantitative estimate of drug-likeness (QED) is 0.217. The summed E-state index contributed by atoms with van der Waals surface area (Å²) < 4.78 is 49.3. The van der Waals surface area contributed by atoms with Gasteiger partial charge in [0.2, 0.25) is 11.8 Å². The van der Waals surface area contributed by atoms with Crippen LogP contribution in [0.2, 0.25) is 0 Å². The number of hydrogen-bond donors (Lipinski definition) is 2. The summed E-state index contributed by atoms with van der Waals surface area (Å²) in [7, 11) is 1.75. The van der Waals surface area contributed by atoms with E-state index in [1.165, 1.54) is 11.0 Å². The Hall–Kier alpha value is -5.12. The Balaban J connectivity index is 0.884. The highest BCUT2D eigenvalue weighted by molar-refractivity contribution is 7.80. The van der Waals surface area contributed by atoms with Crippen molar-refractivity contribution >= 4 is 69.2 Å². The van der Waals surface area contributed by atoms with E-state index in [-0.39, 0.29) is 66.4 Å². The third kappa shape index (κ3) is 8.31. The maximum Gasteiger partial charge on any atom is 0.417 e. The summed E-state index contributed by atoms with van der Waals surface area (Å²) in [4.78, 5) is 58.1. The van der Waals surface area contributed by atoms with Crippen LogP contribution >= 0.6 is 12.2 Å². The first kappa shape index (κ1) is 43.0. The molecule has 320 valence electrons. The van der Waals surface area contributed by atoms with E-state index in [0.717, 1.165) is 49.1 Å². The number of urea groups is 1. The van der Waals surface area contributed by atoms with Crippen LogP contribution in [0, 0.1) is 17.2 Å². The van der Waals surface area contributed by atoms with Gasteiger partial charge in [-0.25, -0.2) is 4.79 Å². The van der Waals surface area contributed by atoms with Gasteiger partial charge in [-0.3, -0.25) is 39.1 Å². The number of aromatic nitrogens is 2. The molecule has 3 aromatic rings. The van der Waals surface area contributed by atoms with Gasteiger partial charge in [-0.15, -0.1) is 0 Å². The molecule has 5 amide bonds. The number of para-hydroxylation sites is 1. The number of rotatable bonds is 10. The highest BCUT2D eigenvalue weighted by Crippen LogP contribution is 2.41. The predicted molar refractivity (Wildman–Crippen MR) is 222 cm³/mol. The Bertz CT molecular complexity index is 2240. The normalized spacial score (nSPS) is 25.2. The van der Waals surface area contributed by atoms with Crippen LogP contribution in [0.5, 0.6) is 0 Å². The molecule has 2 aromatic carbocycles. The van der Waals surface area contributed by atoms with Crippen molar-refractivity contribution in [1.29, 1.82) is 5.26 Å². The van der Waals surface area contributed by atoms with E-state index in [2.05, 4.69) is 34.5 Å². The van der Waals surface area contributed by atoms with Gasteiger partial charge < -0.3 is 15.0 Å². The number of likely N-dealkylation sites (tertiary alicyclic amines) is 1. The minimum absolute atomic E-state index is 0.0117. The fourth-order valence-electron chi connectivity index (χ4n) is 9.58. The van der Waals surface area contributed by atoms with Gasteiger partial charge in [0.15, 0.2) is 10.9 Å². The average molecular weight is 850 g/mol.